The molecule has 0 spiro atoms. The molecular formula is C18H22ClN3O. The van der Waals surface area contributed by atoms with Crippen LogP contribution in [-0.2, 0) is 16.8 Å². The average Bonchev–Trinajstić information content (AvgIpc) is 3.03. The molecule has 1 N–H and O–H groups in total. The van der Waals surface area contributed by atoms with Gasteiger partial charge in [0.1, 0.15) is 0 Å². The standard InChI is InChI=1S/C18H22ClN3O/c1-2-22-13-16(12-20-22)21-17(23)18(9-4-3-5-10-18)14-7-6-8-15(19)11-14/h6-8,11-13H,2-5,9-10H2,1H3,(H,21,23). The Hall–Kier alpha value is -1.81. The summed E-state index contributed by atoms with van der Waals surface area (Å²) < 4.78 is 1.81. The molecule has 1 amide bonds. The van der Waals surface area contributed by atoms with Crippen molar-refractivity contribution in [3.8, 4) is 0 Å². The zero-order valence-corrected chi connectivity index (χ0v) is 14.1. The second kappa shape index (κ2) is 6.75. The average molecular weight is 332 g/mol. The molecule has 23 heavy (non-hydrogen) atoms. The first-order valence-corrected chi connectivity index (χ1v) is 8.62. The summed E-state index contributed by atoms with van der Waals surface area (Å²) in [6, 6.07) is 7.73. The summed E-state index contributed by atoms with van der Waals surface area (Å²) in [4.78, 5) is 13.1. The van der Waals surface area contributed by atoms with Crippen LogP contribution in [0.5, 0.6) is 0 Å². The number of amides is 1. The number of nitrogens with zero attached hydrogens (tertiary/aromatic N) is 2. The molecule has 0 radical (unpaired) electrons. The topological polar surface area (TPSA) is 46.9 Å². The number of hydrogen-bond donors (Lipinski definition) is 1. The maximum Gasteiger partial charge on any atom is 0.235 e. The number of carbonyl (C=O) groups is 1. The van der Waals surface area contributed by atoms with Gasteiger partial charge in [-0.2, -0.15) is 5.10 Å². The van der Waals surface area contributed by atoms with Gasteiger partial charge in [-0.25, -0.2) is 0 Å². The number of rotatable bonds is 4. The third-order valence-corrected chi connectivity index (χ3v) is 4.97. The fourth-order valence-electron chi connectivity index (χ4n) is 3.44. The highest BCUT2D eigenvalue weighted by molar-refractivity contribution is 6.30. The lowest BCUT2D eigenvalue weighted by Crippen LogP contribution is -2.42. The maximum absolute atomic E-state index is 13.1. The minimum atomic E-state index is -0.489. The zero-order valence-electron chi connectivity index (χ0n) is 13.4. The van der Waals surface area contributed by atoms with Gasteiger partial charge in [0.2, 0.25) is 5.91 Å². The molecule has 0 atom stereocenters. The molecule has 0 aliphatic heterocycles. The summed E-state index contributed by atoms with van der Waals surface area (Å²) in [5.41, 5.74) is 1.28. The van der Waals surface area contributed by atoms with Crippen molar-refractivity contribution < 1.29 is 4.79 Å². The van der Waals surface area contributed by atoms with Crippen molar-refractivity contribution in [3.63, 3.8) is 0 Å². The van der Waals surface area contributed by atoms with E-state index in [0.29, 0.717) is 5.02 Å². The predicted molar refractivity (Wildman–Crippen MR) is 92.7 cm³/mol. The Bertz CT molecular complexity index is 689. The largest absolute Gasteiger partial charge is 0.323 e. The fraction of sp³-hybridized carbons (Fsp3) is 0.444. The van der Waals surface area contributed by atoms with Crippen LogP contribution in [0.2, 0.25) is 5.02 Å². The van der Waals surface area contributed by atoms with Crippen molar-refractivity contribution in [3.05, 3.63) is 47.2 Å². The van der Waals surface area contributed by atoms with Gasteiger partial charge in [0, 0.05) is 17.8 Å². The number of anilines is 1. The smallest absolute Gasteiger partial charge is 0.235 e. The van der Waals surface area contributed by atoms with E-state index in [-0.39, 0.29) is 5.91 Å². The number of nitrogens with one attached hydrogen (secondary N) is 1. The molecule has 0 bridgehead atoms. The van der Waals surface area contributed by atoms with Crippen LogP contribution in [0.4, 0.5) is 5.69 Å². The van der Waals surface area contributed by atoms with Gasteiger partial charge in [0.15, 0.2) is 0 Å². The van der Waals surface area contributed by atoms with Gasteiger partial charge in [0.05, 0.1) is 17.3 Å². The molecule has 1 aliphatic rings. The normalized spacial score (nSPS) is 17.0. The molecule has 1 heterocycles. The van der Waals surface area contributed by atoms with Gasteiger partial charge in [-0.05, 0) is 37.5 Å². The van der Waals surface area contributed by atoms with Crippen LogP contribution < -0.4 is 5.32 Å². The molecule has 0 unspecified atom stereocenters. The van der Waals surface area contributed by atoms with E-state index in [1.54, 1.807) is 6.20 Å². The van der Waals surface area contributed by atoms with Crippen molar-refractivity contribution >= 4 is 23.2 Å². The summed E-state index contributed by atoms with van der Waals surface area (Å²) in [6.07, 6.45) is 8.61. The highest BCUT2D eigenvalue weighted by Crippen LogP contribution is 2.41. The number of aryl methyl sites for hydroxylation is 1. The number of halogens is 1. The number of aromatic nitrogens is 2. The third kappa shape index (κ3) is 3.27. The lowest BCUT2D eigenvalue weighted by molar-refractivity contribution is -0.122. The second-order valence-corrected chi connectivity index (χ2v) is 6.63. The van der Waals surface area contributed by atoms with E-state index in [2.05, 4.69) is 10.4 Å². The third-order valence-electron chi connectivity index (χ3n) is 4.73. The van der Waals surface area contributed by atoms with Gasteiger partial charge < -0.3 is 5.32 Å². The van der Waals surface area contributed by atoms with Gasteiger partial charge in [0.25, 0.3) is 0 Å². The minimum Gasteiger partial charge on any atom is -0.323 e. The number of hydrogen-bond acceptors (Lipinski definition) is 2. The van der Waals surface area contributed by atoms with Crippen LogP contribution in [0.25, 0.3) is 0 Å². The quantitative estimate of drug-likeness (QED) is 0.902. The Kier molecular flexibility index (Phi) is 4.71. The summed E-state index contributed by atoms with van der Waals surface area (Å²) in [5.74, 6) is 0.0510. The monoisotopic (exact) mass is 331 g/mol. The highest BCUT2D eigenvalue weighted by Gasteiger charge is 2.41. The zero-order chi connectivity index (χ0) is 16.3. The summed E-state index contributed by atoms with van der Waals surface area (Å²) in [5, 5.41) is 7.96. The summed E-state index contributed by atoms with van der Waals surface area (Å²) in [7, 11) is 0. The van der Waals surface area contributed by atoms with Crippen LogP contribution in [0.15, 0.2) is 36.7 Å². The molecule has 5 heteroatoms. The van der Waals surface area contributed by atoms with E-state index in [4.69, 9.17) is 11.6 Å². The van der Waals surface area contributed by atoms with Gasteiger partial charge in [-0.1, -0.05) is 43.0 Å². The molecule has 122 valence electrons. The molecule has 2 aromatic rings. The Labute approximate surface area is 141 Å². The molecule has 1 saturated carbocycles. The number of carbonyl (C=O) groups excluding carboxylic acids is 1. The molecule has 1 aromatic heterocycles. The first-order valence-electron chi connectivity index (χ1n) is 8.24. The summed E-state index contributed by atoms with van der Waals surface area (Å²) in [6.45, 7) is 2.81. The second-order valence-electron chi connectivity index (χ2n) is 6.19. The van der Waals surface area contributed by atoms with Crippen molar-refractivity contribution in [2.45, 2.75) is 51.0 Å². The fourth-order valence-corrected chi connectivity index (χ4v) is 3.63. The number of benzene rings is 1. The van der Waals surface area contributed by atoms with E-state index in [1.807, 2.05) is 42.1 Å². The Morgan fingerprint density at radius 1 is 1.35 bits per heavy atom. The molecule has 1 aliphatic carbocycles. The van der Waals surface area contributed by atoms with Crippen molar-refractivity contribution in [2.75, 3.05) is 5.32 Å². The lowest BCUT2D eigenvalue weighted by atomic mass is 9.68. The Morgan fingerprint density at radius 2 is 2.13 bits per heavy atom. The van der Waals surface area contributed by atoms with E-state index < -0.39 is 5.41 Å². The van der Waals surface area contributed by atoms with Crippen molar-refractivity contribution in [1.29, 1.82) is 0 Å². The molecule has 3 rings (SSSR count). The van der Waals surface area contributed by atoms with E-state index >= 15 is 0 Å². The van der Waals surface area contributed by atoms with E-state index in [0.717, 1.165) is 43.5 Å². The SMILES string of the molecule is CCn1cc(NC(=O)C2(c3cccc(Cl)c3)CCCCC2)cn1. The van der Waals surface area contributed by atoms with Crippen LogP contribution in [0, 0.1) is 0 Å². The summed E-state index contributed by atoms with van der Waals surface area (Å²) >= 11 is 6.17. The molecule has 0 saturated heterocycles. The molecular weight excluding hydrogens is 310 g/mol. The van der Waals surface area contributed by atoms with Crippen LogP contribution in [0.1, 0.15) is 44.6 Å². The minimum absolute atomic E-state index is 0.0510. The van der Waals surface area contributed by atoms with E-state index in [1.165, 1.54) is 6.42 Å². The van der Waals surface area contributed by atoms with Crippen molar-refractivity contribution in [1.82, 2.24) is 9.78 Å². The predicted octanol–water partition coefficient (Wildman–Crippen LogP) is 4.40. The molecule has 1 aromatic carbocycles. The van der Waals surface area contributed by atoms with Gasteiger partial charge in [-0.3, -0.25) is 9.48 Å². The van der Waals surface area contributed by atoms with Gasteiger partial charge in [-0.15, -0.1) is 0 Å². The molecule has 1 fully saturated rings. The molecule has 4 nitrogen and oxygen atoms in total. The van der Waals surface area contributed by atoms with Gasteiger partial charge >= 0.3 is 0 Å². The van der Waals surface area contributed by atoms with Crippen LogP contribution in [-0.4, -0.2) is 15.7 Å². The lowest BCUT2D eigenvalue weighted by Gasteiger charge is -2.36. The van der Waals surface area contributed by atoms with E-state index in [9.17, 15) is 4.79 Å². The first-order chi connectivity index (χ1) is 11.1. The van der Waals surface area contributed by atoms with Crippen LogP contribution in [0.3, 0.4) is 0 Å². The first kappa shape index (κ1) is 16.1. The maximum atomic E-state index is 13.1. The highest BCUT2D eigenvalue weighted by atomic mass is 35.5. The van der Waals surface area contributed by atoms with Crippen LogP contribution >= 0.6 is 11.6 Å². The van der Waals surface area contributed by atoms with Crippen molar-refractivity contribution in [2.24, 2.45) is 0 Å². The Balaban J connectivity index is 1.90. The Morgan fingerprint density at radius 3 is 2.78 bits per heavy atom.